The number of hydrogen-bond donors (Lipinski definition) is 2. The number of likely N-dealkylation sites (tertiary alicyclic amines) is 1. The van der Waals surface area contributed by atoms with Crippen LogP contribution in [0.4, 0.5) is 0 Å². The first-order chi connectivity index (χ1) is 17.7. The summed E-state index contributed by atoms with van der Waals surface area (Å²) in [6, 6.07) is 10.4. The second-order valence-electron chi connectivity index (χ2n) is 11.4. The first kappa shape index (κ1) is 27.2. The van der Waals surface area contributed by atoms with Crippen molar-refractivity contribution < 1.29 is 9.59 Å². The Kier molecular flexibility index (Phi) is 8.32. The van der Waals surface area contributed by atoms with Crippen molar-refractivity contribution >= 4 is 11.8 Å². The van der Waals surface area contributed by atoms with E-state index in [1.807, 2.05) is 17.9 Å². The Hall–Kier alpha value is -2.80. The molecule has 200 valence electrons. The average Bonchev–Trinajstić information content (AvgIpc) is 3.39. The molecule has 2 aliphatic rings. The van der Waals surface area contributed by atoms with Gasteiger partial charge in [0.25, 0.3) is 0 Å². The molecule has 2 fully saturated rings. The van der Waals surface area contributed by atoms with Crippen LogP contribution in [-0.4, -0.2) is 45.8 Å². The quantitative estimate of drug-likeness (QED) is 0.531. The molecule has 7 heteroatoms. The van der Waals surface area contributed by atoms with Crippen molar-refractivity contribution in [3.8, 4) is 11.3 Å². The summed E-state index contributed by atoms with van der Waals surface area (Å²) in [5.74, 6) is 0.302. The van der Waals surface area contributed by atoms with Crippen LogP contribution in [0.1, 0.15) is 94.8 Å². The zero-order valence-corrected chi connectivity index (χ0v) is 23.1. The monoisotopic (exact) mass is 505 g/mol. The highest BCUT2D eigenvalue weighted by atomic mass is 16.2. The fourth-order valence-corrected chi connectivity index (χ4v) is 6.30. The number of primary amides is 1. The van der Waals surface area contributed by atoms with Crippen molar-refractivity contribution in [2.24, 2.45) is 17.6 Å². The van der Waals surface area contributed by atoms with Gasteiger partial charge in [-0.3, -0.25) is 9.59 Å². The zero-order chi connectivity index (χ0) is 26.7. The van der Waals surface area contributed by atoms with Gasteiger partial charge >= 0.3 is 0 Å². The summed E-state index contributed by atoms with van der Waals surface area (Å²) in [5.41, 5.74) is 8.89. The number of nitrogens with one attached hydrogen (secondary N) is 1. The van der Waals surface area contributed by atoms with Crippen LogP contribution >= 0.6 is 0 Å². The minimum atomic E-state index is -1.10. The summed E-state index contributed by atoms with van der Waals surface area (Å²) in [7, 11) is 1.74. The average molecular weight is 506 g/mol. The van der Waals surface area contributed by atoms with E-state index in [0.717, 1.165) is 55.5 Å². The summed E-state index contributed by atoms with van der Waals surface area (Å²) in [6.45, 7) is 8.74. The van der Waals surface area contributed by atoms with Gasteiger partial charge in [-0.15, -0.1) is 0 Å². The first-order valence-corrected chi connectivity index (χ1v) is 13.9. The molecule has 1 unspecified atom stereocenters. The van der Waals surface area contributed by atoms with Crippen molar-refractivity contribution in [1.29, 1.82) is 0 Å². The number of aromatic nitrogens is 2. The maximum absolute atomic E-state index is 14.3. The molecule has 2 aromatic rings. The highest BCUT2D eigenvalue weighted by molar-refractivity contribution is 5.93. The molecular formula is C30H43N5O2. The molecule has 0 bridgehead atoms. The number of carbonyl (C=O) groups excluding carboxylic acids is 2. The Morgan fingerprint density at radius 1 is 1.08 bits per heavy atom. The zero-order valence-electron chi connectivity index (χ0n) is 23.1. The Morgan fingerprint density at radius 3 is 2.46 bits per heavy atom. The van der Waals surface area contributed by atoms with Gasteiger partial charge in [0.05, 0.1) is 23.3 Å². The van der Waals surface area contributed by atoms with E-state index in [1.54, 1.807) is 14.0 Å². The summed E-state index contributed by atoms with van der Waals surface area (Å²) >= 11 is 0. The largest absolute Gasteiger partial charge is 0.368 e. The standard InChI is InChI=1S/C30H43N5O2/c1-19(2)22-13-9-14-23(17-22)24-18-25(34-20(3)33-24)26-15-10-16-35(26)28(36)27(21-11-7-6-8-12-21)30(4,32-5)29(31)37/h9,13-14,17-19,21,26-27,32H,6-8,10-12,15-16H2,1-5H3,(H2,31,37)/t26-,27+,30?/m0/s1. The summed E-state index contributed by atoms with van der Waals surface area (Å²) < 4.78 is 0. The number of aryl methyl sites for hydroxylation is 1. The SMILES string of the molecule is CNC(C)(C(N)=O)[C@@H](C(=O)N1CCC[C@H]1c1cc(-c2cccc(C(C)C)c2)nc(C)n1)C1CCCCC1. The van der Waals surface area contributed by atoms with Gasteiger partial charge in [-0.05, 0) is 76.1 Å². The number of amides is 2. The van der Waals surface area contributed by atoms with Gasteiger partial charge in [0.15, 0.2) is 0 Å². The normalized spacial score (nSPS) is 21.1. The number of benzene rings is 1. The van der Waals surface area contributed by atoms with Crippen LogP contribution < -0.4 is 11.1 Å². The van der Waals surface area contributed by atoms with E-state index in [9.17, 15) is 9.59 Å². The molecule has 1 aromatic carbocycles. The van der Waals surface area contributed by atoms with E-state index in [-0.39, 0.29) is 17.9 Å². The molecule has 4 rings (SSSR count). The molecule has 37 heavy (non-hydrogen) atoms. The van der Waals surface area contributed by atoms with Gasteiger partial charge in [0, 0.05) is 12.1 Å². The summed E-state index contributed by atoms with van der Waals surface area (Å²) in [4.78, 5) is 38.5. The van der Waals surface area contributed by atoms with Gasteiger partial charge in [0.2, 0.25) is 11.8 Å². The fraction of sp³-hybridized carbons (Fsp3) is 0.600. The molecule has 1 aromatic heterocycles. The number of nitrogens with zero attached hydrogens (tertiary/aromatic N) is 3. The van der Waals surface area contributed by atoms with Crippen LogP contribution in [0.3, 0.4) is 0 Å². The Morgan fingerprint density at radius 2 is 1.81 bits per heavy atom. The van der Waals surface area contributed by atoms with E-state index in [2.05, 4.69) is 43.4 Å². The van der Waals surface area contributed by atoms with Gasteiger partial charge < -0.3 is 16.0 Å². The number of carbonyl (C=O) groups is 2. The van der Waals surface area contributed by atoms with Crippen LogP contribution in [0.5, 0.6) is 0 Å². The van der Waals surface area contributed by atoms with Crippen molar-refractivity contribution in [2.75, 3.05) is 13.6 Å². The van der Waals surface area contributed by atoms with E-state index in [0.29, 0.717) is 18.3 Å². The van der Waals surface area contributed by atoms with Gasteiger partial charge in [-0.25, -0.2) is 9.97 Å². The molecule has 3 atom stereocenters. The van der Waals surface area contributed by atoms with Crippen molar-refractivity contribution in [3.05, 3.63) is 47.4 Å². The maximum atomic E-state index is 14.3. The molecule has 1 saturated heterocycles. The topological polar surface area (TPSA) is 101 Å². The van der Waals surface area contributed by atoms with Crippen LogP contribution in [0.2, 0.25) is 0 Å². The lowest BCUT2D eigenvalue weighted by molar-refractivity contribution is -0.147. The Bertz CT molecular complexity index is 1130. The lowest BCUT2D eigenvalue weighted by Gasteiger charge is -2.42. The third kappa shape index (κ3) is 5.57. The maximum Gasteiger partial charge on any atom is 0.238 e. The third-order valence-electron chi connectivity index (χ3n) is 8.62. The molecule has 2 amide bonds. The summed E-state index contributed by atoms with van der Waals surface area (Å²) in [6.07, 6.45) is 6.99. The Balaban J connectivity index is 1.70. The molecule has 1 aliphatic heterocycles. The molecule has 0 radical (unpaired) electrons. The molecule has 7 nitrogen and oxygen atoms in total. The predicted molar refractivity (Wildman–Crippen MR) is 147 cm³/mol. The molecule has 2 heterocycles. The number of hydrogen-bond acceptors (Lipinski definition) is 5. The Labute approximate surface area is 221 Å². The molecule has 1 aliphatic carbocycles. The van der Waals surface area contributed by atoms with Crippen LogP contribution in [0.15, 0.2) is 30.3 Å². The second kappa shape index (κ2) is 11.3. The van der Waals surface area contributed by atoms with Crippen LogP contribution in [0.25, 0.3) is 11.3 Å². The smallest absolute Gasteiger partial charge is 0.238 e. The number of nitrogens with two attached hydrogens (primary N) is 1. The van der Waals surface area contributed by atoms with Crippen molar-refractivity contribution in [2.45, 2.75) is 90.1 Å². The number of rotatable bonds is 8. The lowest BCUT2D eigenvalue weighted by Crippen LogP contribution is -2.63. The number of likely N-dealkylation sites (N-methyl/N-ethyl adjacent to an activating group) is 1. The van der Waals surface area contributed by atoms with Crippen LogP contribution in [0, 0.1) is 18.8 Å². The van der Waals surface area contributed by atoms with Gasteiger partial charge in [-0.2, -0.15) is 0 Å². The van der Waals surface area contributed by atoms with E-state index < -0.39 is 17.4 Å². The summed E-state index contributed by atoms with van der Waals surface area (Å²) in [5, 5.41) is 3.14. The second-order valence-corrected chi connectivity index (χ2v) is 11.4. The van der Waals surface area contributed by atoms with Crippen LogP contribution in [-0.2, 0) is 9.59 Å². The van der Waals surface area contributed by atoms with Gasteiger partial charge in [0.1, 0.15) is 11.4 Å². The lowest BCUT2D eigenvalue weighted by atomic mass is 9.69. The highest BCUT2D eigenvalue weighted by Crippen LogP contribution is 2.41. The van der Waals surface area contributed by atoms with Gasteiger partial charge in [-0.1, -0.05) is 51.3 Å². The minimum absolute atomic E-state index is 0.0182. The van der Waals surface area contributed by atoms with E-state index >= 15 is 0 Å². The molecular weight excluding hydrogens is 462 g/mol. The molecule has 1 saturated carbocycles. The minimum Gasteiger partial charge on any atom is -0.368 e. The van der Waals surface area contributed by atoms with Crippen molar-refractivity contribution in [1.82, 2.24) is 20.2 Å². The third-order valence-corrected chi connectivity index (χ3v) is 8.62. The van der Waals surface area contributed by atoms with Crippen molar-refractivity contribution in [3.63, 3.8) is 0 Å². The van der Waals surface area contributed by atoms with E-state index in [4.69, 9.17) is 15.7 Å². The first-order valence-electron chi connectivity index (χ1n) is 13.9. The molecule has 0 spiro atoms. The predicted octanol–water partition coefficient (Wildman–Crippen LogP) is 4.90. The molecule has 3 N–H and O–H groups in total. The highest BCUT2D eigenvalue weighted by Gasteiger charge is 2.50. The van der Waals surface area contributed by atoms with E-state index in [1.165, 1.54) is 12.0 Å². The fourth-order valence-electron chi connectivity index (χ4n) is 6.30.